The SMILES string of the molecule is CC1(C)c2ccc3c(c2N(c2ccccc2)c2ccc4c(c21)c1ccccc1n4-c1cccc(-c2nc(-c4ccccc4)nc(-c4ccccc4)n2)c1)c1ccccc1n3-c1cccc(-c2ccccc2)c1. The van der Waals surface area contributed by atoms with Gasteiger partial charge in [-0.25, -0.2) is 15.0 Å². The van der Waals surface area contributed by atoms with Gasteiger partial charge < -0.3 is 14.0 Å². The summed E-state index contributed by atoms with van der Waals surface area (Å²) in [5.74, 6) is 1.89. The maximum Gasteiger partial charge on any atom is 0.164 e. The van der Waals surface area contributed by atoms with Crippen molar-refractivity contribution < 1.29 is 0 Å². The average molecular weight is 923 g/mol. The summed E-state index contributed by atoms with van der Waals surface area (Å²) in [7, 11) is 0. The van der Waals surface area contributed by atoms with Crippen molar-refractivity contribution in [2.75, 3.05) is 4.90 Å². The van der Waals surface area contributed by atoms with Crippen molar-refractivity contribution in [2.24, 2.45) is 0 Å². The van der Waals surface area contributed by atoms with Crippen LogP contribution >= 0.6 is 0 Å². The molecule has 0 unspecified atom stereocenters. The first-order chi connectivity index (χ1) is 35.5. The standard InChI is InChI=1S/C66H46N6/c1-66(2)53-37-38-57-60(52-34-16-18-36-55(52)71(57)49-31-19-27-46(41-49)43-21-7-3-8-22-43)62(53)72(48-29-13-6-14-30-48)58-40-39-56-59(61(58)66)51-33-15-17-35-54(51)70(56)50-32-20-28-47(42-50)65-68-63(44-23-9-4-10-24-44)67-64(69-65)45-25-11-5-12-26-45/h3-42H,1-2H3. The zero-order valence-corrected chi connectivity index (χ0v) is 39.8. The maximum absolute atomic E-state index is 5.12. The fraction of sp³-hybridized carbons (Fsp3) is 0.0455. The summed E-state index contributed by atoms with van der Waals surface area (Å²) in [6, 6.07) is 86.7. The number of fused-ring (bicyclic) bond motifs is 10. The molecule has 6 nitrogen and oxygen atoms in total. The van der Waals surface area contributed by atoms with E-state index < -0.39 is 5.41 Å². The van der Waals surface area contributed by atoms with Gasteiger partial charge >= 0.3 is 0 Å². The second kappa shape index (κ2) is 16.4. The van der Waals surface area contributed by atoms with Gasteiger partial charge in [0.2, 0.25) is 0 Å². The predicted molar refractivity (Wildman–Crippen MR) is 297 cm³/mol. The Labute approximate surface area is 417 Å². The zero-order chi connectivity index (χ0) is 47.9. The van der Waals surface area contributed by atoms with Gasteiger partial charge in [-0.15, -0.1) is 0 Å². The van der Waals surface area contributed by atoms with Crippen LogP contribution in [0.4, 0.5) is 17.1 Å². The van der Waals surface area contributed by atoms with Gasteiger partial charge in [0, 0.05) is 60.7 Å². The topological polar surface area (TPSA) is 51.8 Å². The normalized spacial score (nSPS) is 12.9. The molecular weight excluding hydrogens is 877 g/mol. The van der Waals surface area contributed by atoms with Gasteiger partial charge in [0.05, 0.1) is 33.4 Å². The minimum Gasteiger partial charge on any atom is -0.309 e. The largest absolute Gasteiger partial charge is 0.309 e. The van der Waals surface area contributed by atoms with Gasteiger partial charge in [0.1, 0.15) is 0 Å². The maximum atomic E-state index is 5.12. The summed E-state index contributed by atoms with van der Waals surface area (Å²) >= 11 is 0. The summed E-state index contributed by atoms with van der Waals surface area (Å²) in [6.45, 7) is 4.84. The molecule has 72 heavy (non-hydrogen) atoms. The number of para-hydroxylation sites is 3. The van der Waals surface area contributed by atoms with Crippen LogP contribution in [0.5, 0.6) is 0 Å². The molecule has 0 bridgehead atoms. The van der Waals surface area contributed by atoms with Gasteiger partial charge in [-0.1, -0.05) is 190 Å². The Kier molecular flexibility index (Phi) is 9.45. The quantitative estimate of drug-likeness (QED) is 0.160. The van der Waals surface area contributed by atoms with Gasteiger partial charge in [-0.3, -0.25) is 0 Å². The number of nitrogens with zero attached hydrogens (tertiary/aromatic N) is 6. The highest BCUT2D eigenvalue weighted by atomic mass is 15.2. The molecule has 6 heteroatoms. The lowest BCUT2D eigenvalue weighted by molar-refractivity contribution is 0.639. The molecule has 0 saturated carbocycles. The molecule has 14 rings (SSSR count). The highest BCUT2D eigenvalue weighted by Crippen LogP contribution is 2.58. The highest BCUT2D eigenvalue weighted by Gasteiger charge is 2.41. The third-order valence-corrected chi connectivity index (χ3v) is 14.7. The summed E-state index contributed by atoms with van der Waals surface area (Å²) in [5.41, 5.74) is 17.6. The van der Waals surface area contributed by atoms with Crippen molar-refractivity contribution >= 4 is 60.7 Å². The van der Waals surface area contributed by atoms with Crippen LogP contribution in [0.1, 0.15) is 25.0 Å². The number of rotatable bonds is 7. The van der Waals surface area contributed by atoms with Crippen molar-refractivity contribution in [2.45, 2.75) is 19.3 Å². The third-order valence-electron chi connectivity index (χ3n) is 14.7. The highest BCUT2D eigenvalue weighted by molar-refractivity contribution is 6.20. The fourth-order valence-corrected chi connectivity index (χ4v) is 11.5. The van der Waals surface area contributed by atoms with E-state index in [-0.39, 0.29) is 0 Å². The molecule has 1 aliphatic rings. The molecular formula is C66H46N6. The lowest BCUT2D eigenvalue weighted by Crippen LogP contribution is -2.31. The van der Waals surface area contributed by atoms with E-state index in [1.54, 1.807) is 0 Å². The minimum absolute atomic E-state index is 0.427. The van der Waals surface area contributed by atoms with Crippen LogP contribution in [0.3, 0.4) is 0 Å². The van der Waals surface area contributed by atoms with Crippen molar-refractivity contribution in [3.05, 3.63) is 254 Å². The first-order valence-corrected chi connectivity index (χ1v) is 24.6. The molecule has 340 valence electrons. The summed E-state index contributed by atoms with van der Waals surface area (Å²) < 4.78 is 4.88. The van der Waals surface area contributed by atoms with E-state index in [1.165, 1.54) is 66.2 Å². The Hall–Kier alpha value is -9.39. The van der Waals surface area contributed by atoms with E-state index in [1.807, 2.05) is 36.4 Å². The number of hydrogen-bond donors (Lipinski definition) is 0. The number of hydrogen-bond acceptors (Lipinski definition) is 4. The zero-order valence-electron chi connectivity index (χ0n) is 39.8. The van der Waals surface area contributed by atoms with Crippen LogP contribution < -0.4 is 4.90 Å². The number of aromatic nitrogens is 5. The molecule has 1 aliphatic heterocycles. The molecule has 0 amide bonds. The van der Waals surface area contributed by atoms with E-state index in [0.29, 0.717) is 17.5 Å². The lowest BCUT2D eigenvalue weighted by Gasteiger charge is -2.43. The molecule has 4 heterocycles. The smallest absolute Gasteiger partial charge is 0.164 e. The Bertz CT molecular complexity index is 4170. The summed E-state index contributed by atoms with van der Waals surface area (Å²) in [5, 5.41) is 4.90. The molecule has 0 saturated heterocycles. The molecule has 0 aliphatic carbocycles. The first-order valence-electron chi connectivity index (χ1n) is 24.6. The minimum atomic E-state index is -0.427. The molecule has 13 aromatic rings. The van der Waals surface area contributed by atoms with Crippen molar-refractivity contribution in [1.82, 2.24) is 24.1 Å². The van der Waals surface area contributed by atoms with Crippen LogP contribution in [0.25, 0.3) is 100 Å². The second-order valence-corrected chi connectivity index (χ2v) is 19.2. The molecule has 0 fully saturated rings. The van der Waals surface area contributed by atoms with Crippen LogP contribution in [0, 0.1) is 0 Å². The van der Waals surface area contributed by atoms with E-state index in [9.17, 15) is 0 Å². The lowest BCUT2D eigenvalue weighted by atomic mass is 9.71. The first kappa shape index (κ1) is 41.6. The van der Waals surface area contributed by atoms with E-state index in [2.05, 4.69) is 234 Å². The number of anilines is 3. The second-order valence-electron chi connectivity index (χ2n) is 19.2. The van der Waals surface area contributed by atoms with Crippen LogP contribution in [-0.4, -0.2) is 24.1 Å². The Morgan fingerprint density at radius 3 is 1.36 bits per heavy atom. The molecule has 0 N–H and O–H groups in total. The van der Waals surface area contributed by atoms with E-state index >= 15 is 0 Å². The summed E-state index contributed by atoms with van der Waals surface area (Å²) in [6.07, 6.45) is 0. The van der Waals surface area contributed by atoms with Gasteiger partial charge in [0.25, 0.3) is 0 Å². The average Bonchev–Trinajstić information content (AvgIpc) is 3.97. The summed E-state index contributed by atoms with van der Waals surface area (Å²) in [4.78, 5) is 17.8. The van der Waals surface area contributed by atoms with Crippen molar-refractivity contribution in [3.63, 3.8) is 0 Å². The van der Waals surface area contributed by atoms with Gasteiger partial charge in [0.15, 0.2) is 17.5 Å². The van der Waals surface area contributed by atoms with Crippen LogP contribution in [-0.2, 0) is 5.41 Å². The third kappa shape index (κ3) is 6.46. The van der Waals surface area contributed by atoms with Crippen LogP contribution in [0.2, 0.25) is 0 Å². The Balaban J connectivity index is 0.990. The van der Waals surface area contributed by atoms with Gasteiger partial charge in [-0.05, 0) is 89.0 Å². The predicted octanol–water partition coefficient (Wildman–Crippen LogP) is 16.8. The molecule has 0 radical (unpaired) electrons. The van der Waals surface area contributed by atoms with E-state index in [4.69, 9.17) is 15.0 Å². The monoisotopic (exact) mass is 922 g/mol. The number of benzene rings is 10. The Morgan fingerprint density at radius 2 is 0.764 bits per heavy atom. The van der Waals surface area contributed by atoms with Crippen molar-refractivity contribution in [1.29, 1.82) is 0 Å². The van der Waals surface area contributed by atoms with Crippen LogP contribution in [0.15, 0.2) is 243 Å². The fourth-order valence-electron chi connectivity index (χ4n) is 11.5. The van der Waals surface area contributed by atoms with Crippen molar-refractivity contribution in [3.8, 4) is 56.7 Å². The van der Waals surface area contributed by atoms with E-state index in [0.717, 1.165) is 44.8 Å². The molecule has 0 atom stereocenters. The Morgan fingerprint density at radius 1 is 0.333 bits per heavy atom. The molecule has 0 spiro atoms. The molecule has 10 aromatic carbocycles. The molecule has 3 aromatic heterocycles. The van der Waals surface area contributed by atoms with Gasteiger partial charge in [-0.2, -0.15) is 0 Å².